The zero-order chi connectivity index (χ0) is 15.8. The quantitative estimate of drug-likeness (QED) is 0.915. The van der Waals surface area contributed by atoms with E-state index >= 15 is 0 Å². The van der Waals surface area contributed by atoms with Gasteiger partial charge in [-0.25, -0.2) is 4.98 Å². The summed E-state index contributed by atoms with van der Waals surface area (Å²) in [6.07, 6.45) is 5.40. The number of nitrogens with one attached hydrogen (secondary N) is 1. The number of imidazole rings is 1. The Morgan fingerprint density at radius 3 is 2.96 bits per heavy atom. The number of aromatic amines is 1. The van der Waals surface area contributed by atoms with Crippen molar-refractivity contribution in [1.82, 2.24) is 14.9 Å². The molecule has 122 valence electrons. The maximum atomic E-state index is 4.86. The van der Waals surface area contributed by atoms with Crippen LogP contribution >= 0.6 is 0 Å². The lowest BCUT2D eigenvalue weighted by Crippen LogP contribution is -2.58. The van der Waals surface area contributed by atoms with Gasteiger partial charge in [-0.15, -0.1) is 0 Å². The molecule has 5 rings (SSSR count). The molecule has 1 aromatic heterocycles. The SMILES string of the molecule is Cc1nc2c3c(ccc2[nH]1)C[C@@H]1[C@H](C)[C@@]3(C)CCN1CC1CC1. The van der Waals surface area contributed by atoms with Gasteiger partial charge in [0.15, 0.2) is 0 Å². The van der Waals surface area contributed by atoms with Crippen molar-refractivity contribution >= 4 is 11.0 Å². The topological polar surface area (TPSA) is 31.9 Å². The molecule has 1 saturated heterocycles. The zero-order valence-corrected chi connectivity index (χ0v) is 14.5. The van der Waals surface area contributed by atoms with Gasteiger partial charge in [-0.1, -0.05) is 19.9 Å². The Morgan fingerprint density at radius 2 is 2.17 bits per heavy atom. The van der Waals surface area contributed by atoms with Crippen LogP contribution in [0.25, 0.3) is 11.0 Å². The second kappa shape index (κ2) is 4.60. The van der Waals surface area contributed by atoms with E-state index in [4.69, 9.17) is 4.98 Å². The van der Waals surface area contributed by atoms with Gasteiger partial charge in [-0.3, -0.25) is 4.90 Å². The highest BCUT2D eigenvalue weighted by Gasteiger charge is 2.50. The van der Waals surface area contributed by atoms with Crippen molar-refractivity contribution in [1.29, 1.82) is 0 Å². The van der Waals surface area contributed by atoms with Crippen molar-refractivity contribution in [3.05, 3.63) is 29.1 Å². The summed E-state index contributed by atoms with van der Waals surface area (Å²) in [4.78, 5) is 11.1. The lowest BCUT2D eigenvalue weighted by molar-refractivity contribution is 0.0291. The Morgan fingerprint density at radius 1 is 1.35 bits per heavy atom. The molecule has 1 aromatic carbocycles. The van der Waals surface area contributed by atoms with Gasteiger partial charge in [0.2, 0.25) is 0 Å². The summed E-state index contributed by atoms with van der Waals surface area (Å²) in [7, 11) is 0. The molecule has 0 unspecified atom stereocenters. The molecular weight excluding hydrogens is 282 g/mol. The minimum atomic E-state index is 0.277. The third kappa shape index (κ3) is 1.95. The number of fused-ring (bicyclic) bond motifs is 6. The van der Waals surface area contributed by atoms with E-state index in [9.17, 15) is 0 Å². The largest absolute Gasteiger partial charge is 0.342 e. The van der Waals surface area contributed by atoms with Crippen LogP contribution in [-0.4, -0.2) is 34.0 Å². The van der Waals surface area contributed by atoms with Crippen LogP contribution in [0, 0.1) is 18.8 Å². The Hall–Kier alpha value is -1.35. The van der Waals surface area contributed by atoms with Crippen molar-refractivity contribution in [2.75, 3.05) is 13.1 Å². The first-order chi connectivity index (χ1) is 11.1. The second-order valence-electron chi connectivity index (χ2n) is 8.48. The number of benzene rings is 1. The van der Waals surface area contributed by atoms with Gasteiger partial charge in [-0.2, -0.15) is 0 Å². The Labute approximate surface area is 138 Å². The fourth-order valence-corrected chi connectivity index (χ4v) is 5.30. The molecule has 23 heavy (non-hydrogen) atoms. The number of piperidine rings is 1. The third-order valence-corrected chi connectivity index (χ3v) is 7.02. The van der Waals surface area contributed by atoms with E-state index in [0.29, 0.717) is 5.92 Å². The number of rotatable bonds is 2. The minimum Gasteiger partial charge on any atom is -0.342 e. The maximum Gasteiger partial charge on any atom is 0.104 e. The molecular formula is C20H27N3. The summed E-state index contributed by atoms with van der Waals surface area (Å²) >= 11 is 0. The van der Waals surface area contributed by atoms with Crippen LogP contribution in [0.4, 0.5) is 0 Å². The predicted octanol–water partition coefficient (Wildman–Crippen LogP) is 3.81. The third-order valence-electron chi connectivity index (χ3n) is 7.02. The number of H-pyrrole nitrogens is 1. The fourth-order valence-electron chi connectivity index (χ4n) is 5.30. The standard InChI is InChI=1S/C20H27N3/c1-12-17-10-15-6-7-16-19(22-13(2)21-16)18(15)20(12,3)8-9-23(17)11-14-4-5-14/h6-7,12,14,17H,4-5,8-11H2,1-3H3,(H,21,22)/t12-,17+,20+/m0/s1. The monoisotopic (exact) mass is 309 g/mol. The van der Waals surface area contributed by atoms with Crippen LogP contribution in [-0.2, 0) is 11.8 Å². The van der Waals surface area contributed by atoms with Gasteiger partial charge in [0.1, 0.15) is 5.82 Å². The Kier molecular flexibility index (Phi) is 2.80. The highest BCUT2D eigenvalue weighted by molar-refractivity contribution is 5.82. The zero-order valence-electron chi connectivity index (χ0n) is 14.5. The van der Waals surface area contributed by atoms with E-state index in [1.807, 2.05) is 0 Å². The van der Waals surface area contributed by atoms with Crippen molar-refractivity contribution in [3.63, 3.8) is 0 Å². The molecule has 1 saturated carbocycles. The summed E-state index contributed by atoms with van der Waals surface area (Å²) in [5.41, 5.74) is 5.83. The number of nitrogens with zero attached hydrogens (tertiary/aromatic N) is 2. The normalized spacial score (nSPS) is 33.9. The maximum absolute atomic E-state index is 4.86. The molecule has 3 heteroatoms. The molecule has 2 aliphatic carbocycles. The molecule has 1 aliphatic heterocycles. The first-order valence-corrected chi connectivity index (χ1v) is 9.29. The molecule has 3 atom stereocenters. The number of hydrogen-bond acceptors (Lipinski definition) is 2. The van der Waals surface area contributed by atoms with Gasteiger partial charge < -0.3 is 4.98 Å². The first kappa shape index (κ1) is 14.0. The summed E-state index contributed by atoms with van der Waals surface area (Å²) < 4.78 is 0. The Balaban J connectivity index is 1.64. The molecule has 1 N–H and O–H groups in total. The molecule has 2 heterocycles. The van der Waals surface area contributed by atoms with E-state index in [1.54, 1.807) is 11.1 Å². The van der Waals surface area contributed by atoms with E-state index in [2.05, 4.69) is 42.8 Å². The number of aryl methyl sites for hydroxylation is 1. The van der Waals surface area contributed by atoms with Crippen molar-refractivity contribution in [2.24, 2.45) is 11.8 Å². The average Bonchev–Trinajstić information content (AvgIpc) is 3.24. The van der Waals surface area contributed by atoms with E-state index < -0.39 is 0 Å². The molecule has 2 fully saturated rings. The van der Waals surface area contributed by atoms with Crippen LogP contribution in [0.15, 0.2) is 12.1 Å². The number of likely N-dealkylation sites (tertiary alicyclic amines) is 1. The molecule has 0 radical (unpaired) electrons. The molecule has 0 amide bonds. The van der Waals surface area contributed by atoms with Crippen molar-refractivity contribution in [3.8, 4) is 0 Å². The highest BCUT2D eigenvalue weighted by atomic mass is 15.2. The van der Waals surface area contributed by atoms with Gasteiger partial charge in [0.05, 0.1) is 11.0 Å². The second-order valence-corrected chi connectivity index (χ2v) is 8.48. The summed E-state index contributed by atoms with van der Waals surface area (Å²) in [5, 5.41) is 0. The number of aromatic nitrogens is 2. The molecule has 2 bridgehead atoms. The van der Waals surface area contributed by atoms with Crippen molar-refractivity contribution in [2.45, 2.75) is 57.9 Å². The molecule has 2 aromatic rings. The highest BCUT2D eigenvalue weighted by Crippen LogP contribution is 2.51. The summed E-state index contributed by atoms with van der Waals surface area (Å²) in [6.45, 7) is 9.67. The van der Waals surface area contributed by atoms with Crippen LogP contribution in [0.2, 0.25) is 0 Å². The van der Waals surface area contributed by atoms with E-state index in [1.165, 1.54) is 49.8 Å². The first-order valence-electron chi connectivity index (χ1n) is 9.29. The van der Waals surface area contributed by atoms with Gasteiger partial charge >= 0.3 is 0 Å². The molecule has 0 spiro atoms. The molecule has 3 aliphatic rings. The van der Waals surface area contributed by atoms with Gasteiger partial charge in [0.25, 0.3) is 0 Å². The summed E-state index contributed by atoms with van der Waals surface area (Å²) in [6, 6.07) is 5.33. The van der Waals surface area contributed by atoms with Crippen LogP contribution < -0.4 is 0 Å². The fraction of sp³-hybridized carbons (Fsp3) is 0.650. The van der Waals surface area contributed by atoms with E-state index in [-0.39, 0.29) is 5.41 Å². The lowest BCUT2D eigenvalue weighted by atomic mass is 9.58. The minimum absolute atomic E-state index is 0.277. The lowest BCUT2D eigenvalue weighted by Gasteiger charge is -2.54. The molecule has 3 nitrogen and oxygen atoms in total. The predicted molar refractivity (Wildman–Crippen MR) is 93.8 cm³/mol. The smallest absolute Gasteiger partial charge is 0.104 e. The Bertz CT molecular complexity index is 773. The van der Waals surface area contributed by atoms with Gasteiger partial charge in [0, 0.05) is 18.0 Å². The van der Waals surface area contributed by atoms with Crippen LogP contribution in [0.3, 0.4) is 0 Å². The van der Waals surface area contributed by atoms with E-state index in [0.717, 1.165) is 17.8 Å². The van der Waals surface area contributed by atoms with Crippen molar-refractivity contribution < 1.29 is 0 Å². The summed E-state index contributed by atoms with van der Waals surface area (Å²) in [5.74, 6) is 2.74. The van der Waals surface area contributed by atoms with Gasteiger partial charge in [-0.05, 0) is 68.2 Å². The van der Waals surface area contributed by atoms with Crippen LogP contribution in [0.1, 0.15) is 50.1 Å². The number of hydrogen-bond donors (Lipinski definition) is 1. The van der Waals surface area contributed by atoms with Crippen LogP contribution in [0.5, 0.6) is 0 Å². The average molecular weight is 309 g/mol.